The van der Waals surface area contributed by atoms with Crippen LogP contribution >= 0.6 is 11.3 Å². The maximum absolute atomic E-state index is 6.26. The lowest BCUT2D eigenvalue weighted by Crippen LogP contribution is -2.00. The van der Waals surface area contributed by atoms with E-state index in [4.69, 9.17) is 19.4 Å². The Balaban J connectivity index is 0.999. The second-order valence-corrected chi connectivity index (χ2v) is 15.0. The summed E-state index contributed by atoms with van der Waals surface area (Å²) in [4.78, 5) is 15.1. The Bertz CT molecular complexity index is 3240. The minimum absolute atomic E-state index is 0.646. The predicted molar refractivity (Wildman–Crippen MR) is 233 cm³/mol. The van der Waals surface area contributed by atoms with Crippen LogP contribution in [0, 0.1) is 0 Å². The molecule has 0 aliphatic heterocycles. The van der Waals surface area contributed by atoms with Crippen molar-refractivity contribution in [2.24, 2.45) is 0 Å². The maximum Gasteiger partial charge on any atom is 0.164 e. The van der Waals surface area contributed by atoms with Crippen molar-refractivity contribution in [2.75, 3.05) is 0 Å². The first-order valence-corrected chi connectivity index (χ1v) is 19.5. The van der Waals surface area contributed by atoms with Gasteiger partial charge in [-0.25, -0.2) is 15.0 Å². The van der Waals surface area contributed by atoms with Gasteiger partial charge in [0, 0.05) is 47.6 Å². The smallest absolute Gasteiger partial charge is 0.164 e. The van der Waals surface area contributed by atoms with E-state index in [0.717, 1.165) is 44.2 Å². The molecule has 0 saturated carbocycles. The molecule has 5 heteroatoms. The van der Waals surface area contributed by atoms with Crippen LogP contribution in [0.25, 0.3) is 110 Å². The van der Waals surface area contributed by atoms with E-state index < -0.39 is 0 Å². The number of hydrogen-bond acceptors (Lipinski definition) is 5. The summed E-state index contributed by atoms with van der Waals surface area (Å²) in [5, 5.41) is 4.73. The van der Waals surface area contributed by atoms with Gasteiger partial charge in [-0.3, -0.25) is 0 Å². The summed E-state index contributed by atoms with van der Waals surface area (Å²) in [6.45, 7) is 0. The number of aromatic nitrogens is 3. The lowest BCUT2D eigenvalue weighted by molar-refractivity contribution is 0.669. The van der Waals surface area contributed by atoms with E-state index in [-0.39, 0.29) is 0 Å². The third-order valence-electron chi connectivity index (χ3n) is 10.6. The van der Waals surface area contributed by atoms with Gasteiger partial charge < -0.3 is 4.42 Å². The molecular weight excluding hydrogens is 703 g/mol. The average Bonchev–Trinajstić information content (AvgIpc) is 3.85. The second-order valence-electron chi connectivity index (χ2n) is 14.0. The zero-order valence-corrected chi connectivity index (χ0v) is 30.9. The Morgan fingerprint density at radius 3 is 1.54 bits per heavy atom. The average molecular weight is 734 g/mol. The molecule has 262 valence electrons. The summed E-state index contributed by atoms with van der Waals surface area (Å²) in [5.74, 6) is 1.94. The van der Waals surface area contributed by atoms with Crippen molar-refractivity contribution in [3.8, 4) is 67.5 Å². The highest BCUT2D eigenvalue weighted by Gasteiger charge is 2.18. The molecule has 0 spiro atoms. The summed E-state index contributed by atoms with van der Waals surface area (Å²) >= 11 is 1.80. The van der Waals surface area contributed by atoms with Crippen LogP contribution in [0.2, 0.25) is 0 Å². The van der Waals surface area contributed by atoms with Gasteiger partial charge in [0.2, 0.25) is 0 Å². The van der Waals surface area contributed by atoms with Crippen molar-refractivity contribution in [2.45, 2.75) is 0 Å². The number of nitrogens with zero attached hydrogens (tertiary/aromatic N) is 3. The lowest BCUT2D eigenvalue weighted by atomic mass is 9.91. The number of benzene rings is 8. The Morgan fingerprint density at radius 2 is 0.804 bits per heavy atom. The van der Waals surface area contributed by atoms with Crippen LogP contribution in [-0.4, -0.2) is 15.0 Å². The first-order valence-electron chi connectivity index (χ1n) is 18.7. The van der Waals surface area contributed by atoms with Crippen LogP contribution in [0.4, 0.5) is 0 Å². The van der Waals surface area contributed by atoms with Gasteiger partial charge in [-0.15, -0.1) is 11.3 Å². The number of thiophene rings is 1. The van der Waals surface area contributed by atoms with Crippen LogP contribution in [0.5, 0.6) is 0 Å². The molecule has 0 atom stereocenters. The molecule has 0 bridgehead atoms. The molecule has 0 unspecified atom stereocenters. The summed E-state index contributed by atoms with van der Waals surface area (Å²) in [6.07, 6.45) is 0. The topological polar surface area (TPSA) is 51.8 Å². The van der Waals surface area contributed by atoms with Gasteiger partial charge >= 0.3 is 0 Å². The summed E-state index contributed by atoms with van der Waals surface area (Å²) in [5.41, 5.74) is 11.7. The van der Waals surface area contributed by atoms with Gasteiger partial charge in [-0.1, -0.05) is 164 Å². The molecule has 0 amide bonds. The third kappa shape index (κ3) is 5.56. The minimum atomic E-state index is 0.646. The molecule has 0 N–H and O–H groups in total. The van der Waals surface area contributed by atoms with Crippen molar-refractivity contribution < 1.29 is 4.42 Å². The normalized spacial score (nSPS) is 11.6. The Kier molecular flexibility index (Phi) is 7.64. The predicted octanol–water partition coefficient (Wildman–Crippen LogP) is 14.1. The molecule has 0 aliphatic rings. The van der Waals surface area contributed by atoms with Gasteiger partial charge in [0.25, 0.3) is 0 Å². The van der Waals surface area contributed by atoms with Gasteiger partial charge in [-0.2, -0.15) is 0 Å². The highest BCUT2D eigenvalue weighted by Crippen LogP contribution is 2.43. The SMILES string of the molecule is c1ccc(-c2ccc(-c3nc(-c4ccccc4)nc(-c4ccc5c(c4)sc4cc(-c6ccccc6-c6cccc7oc8ccccc8c67)ccc45)n3)cc2)cc1. The molecule has 56 heavy (non-hydrogen) atoms. The molecule has 3 aromatic heterocycles. The molecule has 11 aromatic rings. The highest BCUT2D eigenvalue weighted by molar-refractivity contribution is 7.25. The van der Waals surface area contributed by atoms with Crippen molar-refractivity contribution in [3.63, 3.8) is 0 Å². The monoisotopic (exact) mass is 733 g/mol. The van der Waals surface area contributed by atoms with E-state index in [0.29, 0.717) is 17.5 Å². The lowest BCUT2D eigenvalue weighted by Gasteiger charge is -2.12. The van der Waals surface area contributed by atoms with Gasteiger partial charge in [0.1, 0.15) is 11.2 Å². The fourth-order valence-electron chi connectivity index (χ4n) is 7.85. The third-order valence-corrected chi connectivity index (χ3v) is 11.7. The fourth-order valence-corrected chi connectivity index (χ4v) is 9.03. The van der Waals surface area contributed by atoms with Crippen LogP contribution in [0.15, 0.2) is 192 Å². The van der Waals surface area contributed by atoms with E-state index in [1.165, 1.54) is 48.0 Å². The Hall–Kier alpha value is -7.21. The minimum Gasteiger partial charge on any atom is -0.456 e. The molecule has 8 aromatic carbocycles. The van der Waals surface area contributed by atoms with Crippen LogP contribution in [-0.2, 0) is 0 Å². The van der Waals surface area contributed by atoms with Gasteiger partial charge in [0.05, 0.1) is 0 Å². The van der Waals surface area contributed by atoms with E-state index >= 15 is 0 Å². The second kappa shape index (κ2) is 13.3. The van der Waals surface area contributed by atoms with Crippen LogP contribution in [0.3, 0.4) is 0 Å². The zero-order valence-electron chi connectivity index (χ0n) is 30.1. The van der Waals surface area contributed by atoms with E-state index in [1.807, 2.05) is 48.5 Å². The molecule has 0 radical (unpaired) electrons. The van der Waals surface area contributed by atoms with Crippen molar-refractivity contribution >= 4 is 53.4 Å². The first kappa shape index (κ1) is 32.2. The van der Waals surface area contributed by atoms with Crippen molar-refractivity contribution in [1.82, 2.24) is 15.0 Å². The Morgan fingerprint density at radius 1 is 0.321 bits per heavy atom. The molecule has 0 saturated heterocycles. The standard InChI is InChI=1S/C51H31N3OS/c1-3-12-32(13-4-1)33-22-24-35(25-23-33)50-52-49(34-14-5-2-6-15-34)53-51(54-50)37-27-29-41-40-28-26-36(30-46(40)56-47(41)31-37)38-16-7-8-17-39(38)42-19-11-21-45-48(42)43-18-9-10-20-44(43)55-45/h1-31H. The number of hydrogen-bond donors (Lipinski definition) is 0. The number of rotatable bonds is 6. The first-order chi connectivity index (χ1) is 27.7. The molecule has 3 heterocycles. The molecule has 11 rings (SSSR count). The molecule has 0 fully saturated rings. The van der Waals surface area contributed by atoms with Gasteiger partial charge in [0.15, 0.2) is 17.5 Å². The summed E-state index contributed by atoms with van der Waals surface area (Å²) in [6, 6.07) is 65.7. The van der Waals surface area contributed by atoms with Crippen molar-refractivity contribution in [1.29, 1.82) is 0 Å². The van der Waals surface area contributed by atoms with Gasteiger partial charge in [-0.05, 0) is 57.6 Å². The largest absolute Gasteiger partial charge is 0.456 e. The quantitative estimate of drug-likeness (QED) is 0.171. The van der Waals surface area contributed by atoms with Crippen LogP contribution < -0.4 is 0 Å². The summed E-state index contributed by atoms with van der Waals surface area (Å²) < 4.78 is 8.68. The van der Waals surface area contributed by atoms with Crippen LogP contribution in [0.1, 0.15) is 0 Å². The number of fused-ring (bicyclic) bond motifs is 6. The molecular formula is C51H31N3OS. The highest BCUT2D eigenvalue weighted by atomic mass is 32.1. The maximum atomic E-state index is 6.26. The van der Waals surface area contributed by atoms with E-state index in [9.17, 15) is 0 Å². The molecule has 4 nitrogen and oxygen atoms in total. The zero-order chi connectivity index (χ0) is 37.0. The Labute approximate surface area is 327 Å². The fraction of sp³-hybridized carbons (Fsp3) is 0. The van der Waals surface area contributed by atoms with Crippen molar-refractivity contribution in [3.05, 3.63) is 188 Å². The van der Waals surface area contributed by atoms with E-state index in [2.05, 4.69) is 140 Å². The van der Waals surface area contributed by atoms with E-state index in [1.54, 1.807) is 11.3 Å². The summed E-state index contributed by atoms with van der Waals surface area (Å²) in [7, 11) is 0. The number of furan rings is 1. The number of para-hydroxylation sites is 1. The molecule has 0 aliphatic carbocycles.